The number of rotatable bonds is 8. The van der Waals surface area contributed by atoms with Crippen molar-refractivity contribution < 1.29 is 9.21 Å². The first kappa shape index (κ1) is 20.2. The number of aromatic nitrogens is 2. The summed E-state index contributed by atoms with van der Waals surface area (Å²) in [5, 5.41) is 1.20. The van der Waals surface area contributed by atoms with Gasteiger partial charge in [0.05, 0.1) is 29.5 Å². The number of furan rings is 1. The molecule has 3 rings (SSSR count). The van der Waals surface area contributed by atoms with Crippen molar-refractivity contribution in [3.05, 3.63) is 58.8 Å². The van der Waals surface area contributed by atoms with E-state index >= 15 is 0 Å². The van der Waals surface area contributed by atoms with Gasteiger partial charge in [-0.25, -0.2) is 4.98 Å². The van der Waals surface area contributed by atoms with Crippen LogP contribution in [0.5, 0.6) is 0 Å². The zero-order chi connectivity index (χ0) is 20.1. The van der Waals surface area contributed by atoms with Crippen molar-refractivity contribution in [1.29, 1.82) is 0 Å². The topological polar surface area (TPSA) is 68.3 Å². The lowest BCUT2D eigenvalue weighted by molar-refractivity contribution is -0.127. The van der Waals surface area contributed by atoms with Gasteiger partial charge in [0.15, 0.2) is 5.16 Å². The highest BCUT2D eigenvalue weighted by Gasteiger charge is 2.16. The van der Waals surface area contributed by atoms with E-state index < -0.39 is 0 Å². The number of nitrogens with zero attached hydrogens (tertiary/aromatic N) is 3. The molecule has 0 fully saturated rings. The third kappa shape index (κ3) is 4.84. The molecule has 28 heavy (non-hydrogen) atoms. The summed E-state index contributed by atoms with van der Waals surface area (Å²) in [6.45, 7) is 5.25. The summed E-state index contributed by atoms with van der Waals surface area (Å²) in [6.07, 6.45) is 2.47. The molecule has 0 bridgehead atoms. The molecule has 1 amide bonds. The van der Waals surface area contributed by atoms with E-state index in [0.29, 0.717) is 35.1 Å². The normalized spacial score (nSPS) is 11.3. The third-order valence-corrected chi connectivity index (χ3v) is 5.44. The molecular formula is C21H25N3O3S. The Bertz CT molecular complexity index is 996. The summed E-state index contributed by atoms with van der Waals surface area (Å²) in [5.74, 6) is 1.37. The number of amides is 1. The Balaban J connectivity index is 1.79. The fourth-order valence-electron chi connectivity index (χ4n) is 2.80. The number of hydrogen-bond acceptors (Lipinski definition) is 5. The van der Waals surface area contributed by atoms with Crippen LogP contribution in [0.15, 0.2) is 57.0 Å². The van der Waals surface area contributed by atoms with Gasteiger partial charge in [-0.2, -0.15) is 0 Å². The minimum Gasteiger partial charge on any atom is -0.467 e. The first-order valence-corrected chi connectivity index (χ1v) is 10.3. The molecule has 0 unspecified atom stereocenters. The van der Waals surface area contributed by atoms with Crippen LogP contribution in [-0.2, 0) is 17.9 Å². The number of benzene rings is 1. The highest BCUT2D eigenvalue weighted by molar-refractivity contribution is 7.99. The number of carbonyl (C=O) groups is 1. The van der Waals surface area contributed by atoms with Gasteiger partial charge in [0.2, 0.25) is 5.91 Å². The first-order valence-electron chi connectivity index (χ1n) is 9.34. The van der Waals surface area contributed by atoms with Crippen LogP contribution in [0.4, 0.5) is 0 Å². The largest absolute Gasteiger partial charge is 0.467 e. The van der Waals surface area contributed by atoms with E-state index in [4.69, 9.17) is 4.42 Å². The lowest BCUT2D eigenvalue weighted by Gasteiger charge is -2.17. The SMILES string of the molecule is CC(C)CCn1c(SCC(=O)N(C)Cc2ccco2)nc2ccccc2c1=O. The van der Waals surface area contributed by atoms with Crippen LogP contribution >= 0.6 is 11.8 Å². The molecule has 0 N–H and O–H groups in total. The van der Waals surface area contributed by atoms with Gasteiger partial charge < -0.3 is 9.32 Å². The quantitative estimate of drug-likeness (QED) is 0.426. The predicted octanol–water partition coefficient (Wildman–Crippen LogP) is 3.79. The number of para-hydroxylation sites is 1. The number of thioether (sulfide) groups is 1. The minimum absolute atomic E-state index is 0.0424. The van der Waals surface area contributed by atoms with Crippen LogP contribution in [0.2, 0.25) is 0 Å². The summed E-state index contributed by atoms with van der Waals surface area (Å²) >= 11 is 1.31. The van der Waals surface area contributed by atoms with Crippen LogP contribution in [0.1, 0.15) is 26.0 Å². The van der Waals surface area contributed by atoms with E-state index in [1.807, 2.05) is 24.3 Å². The molecule has 0 saturated carbocycles. The maximum Gasteiger partial charge on any atom is 0.262 e. The molecule has 0 aliphatic heterocycles. The van der Waals surface area contributed by atoms with Crippen LogP contribution in [0.3, 0.4) is 0 Å². The molecule has 2 heterocycles. The van der Waals surface area contributed by atoms with Gasteiger partial charge >= 0.3 is 0 Å². The van der Waals surface area contributed by atoms with Crippen molar-refractivity contribution >= 4 is 28.6 Å². The Morgan fingerprint density at radius 3 is 2.75 bits per heavy atom. The standard InChI is InChI=1S/C21H25N3O3S/c1-15(2)10-11-24-20(26)17-8-4-5-9-18(17)22-21(24)28-14-19(25)23(3)13-16-7-6-12-27-16/h4-9,12,15H,10-11,13-14H2,1-3H3. The molecule has 6 nitrogen and oxygen atoms in total. The van der Waals surface area contributed by atoms with E-state index in [1.165, 1.54) is 11.8 Å². The van der Waals surface area contributed by atoms with Gasteiger partial charge in [-0.15, -0.1) is 0 Å². The minimum atomic E-state index is -0.0508. The maximum atomic E-state index is 13.0. The fraction of sp³-hybridized carbons (Fsp3) is 0.381. The predicted molar refractivity (Wildman–Crippen MR) is 111 cm³/mol. The molecule has 0 atom stereocenters. The Morgan fingerprint density at radius 2 is 2.04 bits per heavy atom. The van der Waals surface area contributed by atoms with Crippen molar-refractivity contribution in [3.63, 3.8) is 0 Å². The number of carbonyl (C=O) groups excluding carboxylic acids is 1. The molecule has 0 aliphatic rings. The first-order chi connectivity index (χ1) is 13.5. The third-order valence-electron chi connectivity index (χ3n) is 4.48. The second kappa shape index (κ2) is 9.10. The maximum absolute atomic E-state index is 13.0. The van der Waals surface area contributed by atoms with E-state index in [0.717, 1.165) is 12.2 Å². The second-order valence-electron chi connectivity index (χ2n) is 7.17. The van der Waals surface area contributed by atoms with Gasteiger partial charge in [-0.05, 0) is 36.6 Å². The molecule has 0 spiro atoms. The van der Waals surface area contributed by atoms with E-state index in [1.54, 1.807) is 34.9 Å². The molecule has 3 aromatic rings. The van der Waals surface area contributed by atoms with Gasteiger partial charge in [-0.1, -0.05) is 37.7 Å². The molecule has 0 radical (unpaired) electrons. The Hall–Kier alpha value is -2.54. The van der Waals surface area contributed by atoms with Gasteiger partial charge in [0.1, 0.15) is 5.76 Å². The van der Waals surface area contributed by atoms with Crippen LogP contribution < -0.4 is 5.56 Å². The Morgan fingerprint density at radius 1 is 1.25 bits per heavy atom. The van der Waals surface area contributed by atoms with E-state index in [-0.39, 0.29) is 17.2 Å². The smallest absolute Gasteiger partial charge is 0.262 e. The lowest BCUT2D eigenvalue weighted by Crippen LogP contribution is -2.29. The lowest BCUT2D eigenvalue weighted by atomic mass is 10.1. The summed E-state index contributed by atoms with van der Waals surface area (Å²) < 4.78 is 7.00. The Labute approximate surface area is 168 Å². The van der Waals surface area contributed by atoms with Crippen molar-refractivity contribution in [2.24, 2.45) is 5.92 Å². The van der Waals surface area contributed by atoms with Crippen molar-refractivity contribution in [2.45, 2.75) is 38.5 Å². The van der Waals surface area contributed by atoms with E-state index in [9.17, 15) is 9.59 Å². The van der Waals surface area contributed by atoms with Gasteiger partial charge in [0, 0.05) is 13.6 Å². The zero-order valence-corrected chi connectivity index (χ0v) is 17.2. The van der Waals surface area contributed by atoms with Crippen LogP contribution in [0, 0.1) is 5.92 Å². The second-order valence-corrected chi connectivity index (χ2v) is 8.11. The molecular weight excluding hydrogens is 374 g/mol. The van der Waals surface area contributed by atoms with Crippen molar-refractivity contribution in [1.82, 2.24) is 14.5 Å². The molecule has 0 aliphatic carbocycles. The van der Waals surface area contributed by atoms with Crippen molar-refractivity contribution in [3.8, 4) is 0 Å². The molecule has 2 aromatic heterocycles. The summed E-state index contributed by atoms with van der Waals surface area (Å²) in [7, 11) is 1.74. The summed E-state index contributed by atoms with van der Waals surface area (Å²) in [4.78, 5) is 31.7. The average Bonchev–Trinajstić information content (AvgIpc) is 3.18. The summed E-state index contributed by atoms with van der Waals surface area (Å²) in [6, 6.07) is 11.0. The highest BCUT2D eigenvalue weighted by Crippen LogP contribution is 2.19. The monoisotopic (exact) mass is 399 g/mol. The zero-order valence-electron chi connectivity index (χ0n) is 16.4. The number of fused-ring (bicyclic) bond motifs is 1. The van der Waals surface area contributed by atoms with Crippen LogP contribution in [-0.4, -0.2) is 33.2 Å². The highest BCUT2D eigenvalue weighted by atomic mass is 32.2. The van der Waals surface area contributed by atoms with Gasteiger partial charge in [0.25, 0.3) is 5.56 Å². The fourth-order valence-corrected chi connectivity index (χ4v) is 3.77. The number of hydrogen-bond donors (Lipinski definition) is 0. The van der Waals surface area contributed by atoms with Gasteiger partial charge in [-0.3, -0.25) is 14.2 Å². The molecule has 7 heteroatoms. The summed E-state index contributed by atoms with van der Waals surface area (Å²) in [5.41, 5.74) is 0.609. The van der Waals surface area contributed by atoms with E-state index in [2.05, 4.69) is 18.8 Å². The Kier molecular flexibility index (Phi) is 6.57. The average molecular weight is 400 g/mol. The van der Waals surface area contributed by atoms with Crippen LogP contribution in [0.25, 0.3) is 10.9 Å². The molecule has 0 saturated heterocycles. The van der Waals surface area contributed by atoms with Crippen molar-refractivity contribution in [2.75, 3.05) is 12.8 Å². The molecule has 148 valence electrons. The molecule has 1 aromatic carbocycles.